The van der Waals surface area contributed by atoms with Gasteiger partial charge in [-0.15, -0.1) is 11.8 Å². The summed E-state index contributed by atoms with van der Waals surface area (Å²) in [6.07, 6.45) is 2.02. The van der Waals surface area contributed by atoms with Crippen LogP contribution in [0.15, 0.2) is 11.5 Å². The van der Waals surface area contributed by atoms with Crippen molar-refractivity contribution in [2.75, 3.05) is 6.26 Å². The summed E-state index contributed by atoms with van der Waals surface area (Å²) < 4.78 is 0. The second-order valence-corrected chi connectivity index (χ2v) is 5.01. The van der Waals surface area contributed by atoms with Gasteiger partial charge in [0.1, 0.15) is 0 Å². The van der Waals surface area contributed by atoms with Crippen LogP contribution in [0.5, 0.6) is 0 Å². The third kappa shape index (κ3) is 93.1. The Balaban J connectivity index is 0. The Bertz CT molecular complexity index is 81.4. The van der Waals surface area contributed by atoms with Crippen molar-refractivity contribution in [2.45, 2.75) is 34.6 Å². The Hall–Kier alpha value is 0.0900. The standard InChI is InChI=1S/C5H12.C4H8S/c1-5(2,3)4;1-4(2)5-3/h1-4H3;1H2,2-3H3. The lowest BCUT2D eigenvalue weighted by Crippen LogP contribution is -1.93. The quantitative estimate of drug-likeness (QED) is 0.560. The molecule has 0 aliphatic carbocycles. The van der Waals surface area contributed by atoms with Gasteiger partial charge >= 0.3 is 0 Å². The van der Waals surface area contributed by atoms with Gasteiger partial charge in [0, 0.05) is 0 Å². The zero-order chi connectivity index (χ0) is 8.78. The topological polar surface area (TPSA) is 0 Å². The Labute approximate surface area is 70.1 Å². The van der Waals surface area contributed by atoms with E-state index >= 15 is 0 Å². The highest BCUT2D eigenvalue weighted by Gasteiger charge is 1.95. The largest absolute Gasteiger partial charge is 0.135 e. The highest BCUT2D eigenvalue weighted by Crippen LogP contribution is 2.08. The van der Waals surface area contributed by atoms with Crippen LogP contribution in [0.4, 0.5) is 0 Å². The first-order valence-corrected chi connectivity index (χ1v) is 4.69. The number of hydrogen-bond donors (Lipinski definition) is 0. The first-order chi connectivity index (χ1) is 4.27. The molecule has 0 amide bonds. The molecular weight excluding hydrogens is 140 g/mol. The lowest BCUT2D eigenvalue weighted by molar-refractivity contribution is 0.469. The molecule has 0 N–H and O–H groups in total. The molecule has 0 nitrogen and oxygen atoms in total. The summed E-state index contributed by atoms with van der Waals surface area (Å²) in [4.78, 5) is 1.17. The lowest BCUT2D eigenvalue weighted by Gasteiger charge is -2.05. The van der Waals surface area contributed by atoms with E-state index in [-0.39, 0.29) is 0 Å². The third-order valence-electron chi connectivity index (χ3n) is 0.348. The number of allylic oxidation sites excluding steroid dienone is 1. The van der Waals surface area contributed by atoms with Crippen molar-refractivity contribution in [3.8, 4) is 0 Å². The van der Waals surface area contributed by atoms with Crippen molar-refractivity contribution in [3.63, 3.8) is 0 Å². The fraction of sp³-hybridized carbons (Fsp3) is 0.778. The molecule has 10 heavy (non-hydrogen) atoms. The SMILES string of the molecule is C=C(C)SC.CC(C)(C)C. The van der Waals surface area contributed by atoms with Gasteiger partial charge in [0.15, 0.2) is 0 Å². The molecule has 0 aliphatic rings. The van der Waals surface area contributed by atoms with Crippen LogP contribution in [-0.2, 0) is 0 Å². The van der Waals surface area contributed by atoms with Gasteiger partial charge in [-0.05, 0) is 23.5 Å². The Morgan fingerprint density at radius 3 is 1.30 bits per heavy atom. The summed E-state index contributed by atoms with van der Waals surface area (Å²) in [6, 6.07) is 0. The minimum Gasteiger partial charge on any atom is -0.135 e. The lowest BCUT2D eigenvalue weighted by atomic mass is 10.0. The molecule has 0 aromatic heterocycles. The van der Waals surface area contributed by atoms with Gasteiger partial charge in [-0.25, -0.2) is 0 Å². The van der Waals surface area contributed by atoms with E-state index in [0.29, 0.717) is 5.41 Å². The molecule has 0 radical (unpaired) electrons. The zero-order valence-electron chi connectivity index (χ0n) is 8.12. The highest BCUT2D eigenvalue weighted by molar-refractivity contribution is 8.02. The van der Waals surface area contributed by atoms with Gasteiger partial charge in [0.2, 0.25) is 0 Å². The van der Waals surface area contributed by atoms with Crippen LogP contribution >= 0.6 is 11.8 Å². The van der Waals surface area contributed by atoms with E-state index in [2.05, 4.69) is 34.3 Å². The first kappa shape index (κ1) is 12.7. The summed E-state index contributed by atoms with van der Waals surface area (Å²) in [5.74, 6) is 0. The first-order valence-electron chi connectivity index (χ1n) is 3.47. The summed E-state index contributed by atoms with van der Waals surface area (Å²) in [5.41, 5.74) is 0.500. The number of thioether (sulfide) groups is 1. The van der Waals surface area contributed by atoms with Gasteiger partial charge in [-0.3, -0.25) is 0 Å². The molecule has 0 fully saturated rings. The predicted molar refractivity (Wildman–Crippen MR) is 53.5 cm³/mol. The van der Waals surface area contributed by atoms with E-state index < -0.39 is 0 Å². The molecule has 0 saturated heterocycles. The van der Waals surface area contributed by atoms with E-state index in [4.69, 9.17) is 0 Å². The molecule has 62 valence electrons. The van der Waals surface area contributed by atoms with Gasteiger partial charge in [-0.2, -0.15) is 0 Å². The highest BCUT2D eigenvalue weighted by atomic mass is 32.2. The van der Waals surface area contributed by atoms with Crippen molar-refractivity contribution in [2.24, 2.45) is 5.41 Å². The van der Waals surface area contributed by atoms with Crippen LogP contribution in [0.2, 0.25) is 0 Å². The molecule has 0 atom stereocenters. The minimum absolute atomic E-state index is 0.500. The van der Waals surface area contributed by atoms with Crippen LogP contribution in [-0.4, -0.2) is 6.26 Å². The predicted octanol–water partition coefficient (Wildman–Crippen LogP) is 3.94. The monoisotopic (exact) mass is 160 g/mol. The fourth-order valence-corrected chi connectivity index (χ4v) is 0. The van der Waals surface area contributed by atoms with Crippen LogP contribution in [0, 0.1) is 5.41 Å². The summed E-state index contributed by atoms with van der Waals surface area (Å²) in [7, 11) is 0. The molecule has 0 unspecified atom stereocenters. The van der Waals surface area contributed by atoms with E-state index in [1.54, 1.807) is 11.8 Å². The fourth-order valence-electron chi connectivity index (χ4n) is 0. The van der Waals surface area contributed by atoms with E-state index in [1.807, 2.05) is 13.2 Å². The average Bonchev–Trinajstić information content (AvgIpc) is 1.61. The van der Waals surface area contributed by atoms with Gasteiger partial charge in [0.25, 0.3) is 0 Å². The third-order valence-corrected chi connectivity index (χ3v) is 1.05. The zero-order valence-corrected chi connectivity index (χ0v) is 8.93. The van der Waals surface area contributed by atoms with Crippen LogP contribution in [0.25, 0.3) is 0 Å². The van der Waals surface area contributed by atoms with Crippen molar-refractivity contribution in [3.05, 3.63) is 11.5 Å². The van der Waals surface area contributed by atoms with Crippen LogP contribution < -0.4 is 0 Å². The smallest absolute Gasteiger partial charge is 0.0140 e. The molecule has 0 bridgehead atoms. The normalized spacial score (nSPS) is 9.80. The number of hydrogen-bond acceptors (Lipinski definition) is 1. The minimum atomic E-state index is 0.500. The number of rotatable bonds is 1. The molecule has 0 heterocycles. The molecule has 0 spiro atoms. The Kier molecular flexibility index (Phi) is 7.44. The van der Waals surface area contributed by atoms with Gasteiger partial charge < -0.3 is 0 Å². The van der Waals surface area contributed by atoms with E-state index in [0.717, 1.165) is 0 Å². The van der Waals surface area contributed by atoms with E-state index in [9.17, 15) is 0 Å². The molecule has 0 aliphatic heterocycles. The molecule has 0 saturated carbocycles. The van der Waals surface area contributed by atoms with E-state index in [1.165, 1.54) is 4.91 Å². The molecular formula is C9H20S. The molecule has 0 aromatic rings. The van der Waals surface area contributed by atoms with Crippen molar-refractivity contribution in [1.29, 1.82) is 0 Å². The maximum absolute atomic E-state index is 3.64. The van der Waals surface area contributed by atoms with Crippen LogP contribution in [0.3, 0.4) is 0 Å². The molecule has 0 aromatic carbocycles. The Morgan fingerprint density at radius 1 is 1.20 bits per heavy atom. The average molecular weight is 160 g/mol. The second-order valence-electron chi connectivity index (χ2n) is 3.91. The van der Waals surface area contributed by atoms with Gasteiger partial charge in [-0.1, -0.05) is 34.3 Å². The Morgan fingerprint density at radius 2 is 1.30 bits per heavy atom. The molecule has 1 heteroatoms. The van der Waals surface area contributed by atoms with Gasteiger partial charge in [0.05, 0.1) is 0 Å². The van der Waals surface area contributed by atoms with Crippen LogP contribution in [0.1, 0.15) is 34.6 Å². The summed E-state index contributed by atoms with van der Waals surface area (Å²) in [5, 5.41) is 0. The summed E-state index contributed by atoms with van der Waals surface area (Å²) >= 11 is 1.69. The summed E-state index contributed by atoms with van der Waals surface area (Å²) in [6.45, 7) is 14.4. The molecule has 0 rings (SSSR count). The maximum Gasteiger partial charge on any atom is -0.0140 e. The van der Waals surface area contributed by atoms with Crippen molar-refractivity contribution < 1.29 is 0 Å². The second kappa shape index (κ2) is 5.84. The maximum atomic E-state index is 3.64. The van der Waals surface area contributed by atoms with Crippen molar-refractivity contribution in [1.82, 2.24) is 0 Å². The van der Waals surface area contributed by atoms with Crippen molar-refractivity contribution >= 4 is 11.8 Å².